The van der Waals surface area contributed by atoms with Gasteiger partial charge in [-0.2, -0.15) is 0 Å². The summed E-state index contributed by atoms with van der Waals surface area (Å²) in [6.07, 6.45) is 0.903. The number of anilines is 1. The molecule has 0 aliphatic heterocycles. The number of aromatic nitrogens is 1. The maximum atomic E-state index is 13.2. The molecule has 2 aromatic carbocycles. The Morgan fingerprint density at radius 2 is 1.77 bits per heavy atom. The van der Waals surface area contributed by atoms with Crippen molar-refractivity contribution in [3.8, 4) is 5.75 Å². The van der Waals surface area contributed by atoms with E-state index in [1.807, 2.05) is 29.2 Å². The molecular weight excluding hydrogens is 414 g/mol. The second kappa shape index (κ2) is 10.3. The number of carbonyl (C=O) groups is 1. The number of benzene rings is 2. The number of hydrogen-bond donors (Lipinski definition) is 0. The number of fused-ring (bicyclic) bond motifs is 1. The van der Waals surface area contributed by atoms with Gasteiger partial charge in [0.2, 0.25) is 5.91 Å². The van der Waals surface area contributed by atoms with Gasteiger partial charge in [0.1, 0.15) is 5.75 Å². The summed E-state index contributed by atoms with van der Waals surface area (Å²) in [5, 5.41) is 0.793. The largest absolute Gasteiger partial charge is 0.497 e. The molecule has 160 valence electrons. The highest BCUT2D eigenvalue weighted by Gasteiger charge is 2.21. The third kappa shape index (κ3) is 5.53. The first-order chi connectivity index (χ1) is 14.4. The fourth-order valence-electron chi connectivity index (χ4n) is 3.13. The minimum absolute atomic E-state index is 0.0870. The molecule has 3 aromatic rings. The van der Waals surface area contributed by atoms with Gasteiger partial charge in [0.25, 0.3) is 0 Å². The van der Waals surface area contributed by atoms with Crippen molar-refractivity contribution < 1.29 is 9.53 Å². The van der Waals surface area contributed by atoms with Crippen LogP contribution in [0.3, 0.4) is 0 Å². The molecule has 30 heavy (non-hydrogen) atoms. The first-order valence-corrected chi connectivity index (χ1v) is 11.8. The number of carbonyl (C=O) groups excluding carboxylic acids is 1. The summed E-state index contributed by atoms with van der Waals surface area (Å²) in [6, 6.07) is 12.0. The highest BCUT2D eigenvalue weighted by atomic mass is 32.2. The summed E-state index contributed by atoms with van der Waals surface area (Å²) in [4.78, 5) is 23.1. The zero-order valence-corrected chi connectivity index (χ0v) is 19.9. The van der Waals surface area contributed by atoms with Gasteiger partial charge in [0.05, 0.1) is 23.1 Å². The van der Waals surface area contributed by atoms with Gasteiger partial charge in [-0.1, -0.05) is 23.5 Å². The quantitative estimate of drug-likeness (QED) is 0.436. The summed E-state index contributed by atoms with van der Waals surface area (Å²) in [7, 11) is 5.75. The molecule has 5 nitrogen and oxygen atoms in total. The van der Waals surface area contributed by atoms with Gasteiger partial charge in [0.15, 0.2) is 5.13 Å². The predicted octanol–water partition coefficient (Wildman–Crippen LogP) is 5.00. The van der Waals surface area contributed by atoms with E-state index in [0.717, 1.165) is 39.8 Å². The maximum absolute atomic E-state index is 13.2. The van der Waals surface area contributed by atoms with Gasteiger partial charge >= 0.3 is 0 Å². The third-order valence-corrected chi connectivity index (χ3v) is 7.08. The van der Waals surface area contributed by atoms with Crippen LogP contribution in [0, 0.1) is 13.8 Å². The predicted molar refractivity (Wildman–Crippen MR) is 128 cm³/mol. The van der Waals surface area contributed by atoms with Gasteiger partial charge in [0, 0.05) is 11.4 Å². The van der Waals surface area contributed by atoms with E-state index in [1.165, 1.54) is 10.3 Å². The average molecular weight is 444 g/mol. The lowest BCUT2D eigenvalue weighted by atomic mass is 10.1. The van der Waals surface area contributed by atoms with E-state index < -0.39 is 0 Å². The number of methoxy groups -OCH3 is 1. The number of rotatable bonds is 9. The molecule has 0 saturated carbocycles. The van der Waals surface area contributed by atoms with Crippen LogP contribution in [0.15, 0.2) is 41.3 Å². The van der Waals surface area contributed by atoms with E-state index in [1.54, 1.807) is 30.2 Å². The molecule has 0 fully saturated rings. The van der Waals surface area contributed by atoms with Crippen molar-refractivity contribution in [3.63, 3.8) is 0 Å². The number of amides is 1. The van der Waals surface area contributed by atoms with Crippen molar-refractivity contribution in [2.24, 2.45) is 0 Å². The lowest BCUT2D eigenvalue weighted by molar-refractivity contribution is -0.116. The first-order valence-electron chi connectivity index (χ1n) is 9.97. The van der Waals surface area contributed by atoms with Crippen LogP contribution in [-0.2, 0) is 4.79 Å². The van der Waals surface area contributed by atoms with Crippen molar-refractivity contribution in [3.05, 3.63) is 47.5 Å². The Hall–Kier alpha value is -2.09. The number of thiazole rings is 1. The fourth-order valence-corrected chi connectivity index (χ4v) is 5.06. The normalized spacial score (nSPS) is 11.3. The number of ether oxygens (including phenoxy) is 1. The van der Waals surface area contributed by atoms with Crippen LogP contribution < -0.4 is 9.64 Å². The van der Waals surface area contributed by atoms with Gasteiger partial charge in [-0.25, -0.2) is 4.98 Å². The monoisotopic (exact) mass is 443 g/mol. The fraction of sp³-hybridized carbons (Fsp3) is 0.391. The van der Waals surface area contributed by atoms with E-state index in [-0.39, 0.29) is 5.91 Å². The van der Waals surface area contributed by atoms with Crippen molar-refractivity contribution in [1.29, 1.82) is 0 Å². The second-order valence-electron chi connectivity index (χ2n) is 7.54. The van der Waals surface area contributed by atoms with E-state index in [9.17, 15) is 4.79 Å². The molecule has 0 saturated heterocycles. The summed E-state index contributed by atoms with van der Waals surface area (Å²) in [5.74, 6) is 1.28. The van der Waals surface area contributed by atoms with Crippen LogP contribution in [0.2, 0.25) is 0 Å². The minimum Gasteiger partial charge on any atom is -0.497 e. The highest BCUT2D eigenvalue weighted by molar-refractivity contribution is 8.00. The van der Waals surface area contributed by atoms with Crippen molar-refractivity contribution in [2.45, 2.75) is 25.2 Å². The summed E-state index contributed by atoms with van der Waals surface area (Å²) in [5.41, 5.74) is 3.35. The standard InChI is InChI=1S/C23H29N3O2S2/c1-16-7-8-17(2)22-21(16)24-23(30-22)26(14-6-13-25(3)4)20(27)15-29-19-11-9-18(28-5)10-12-19/h7-12H,6,13-15H2,1-5H3. The molecule has 0 aliphatic carbocycles. The van der Waals surface area contributed by atoms with E-state index in [4.69, 9.17) is 9.72 Å². The first kappa shape index (κ1) is 22.6. The molecule has 1 amide bonds. The molecule has 1 aromatic heterocycles. The Balaban J connectivity index is 1.79. The Labute approximate surface area is 187 Å². The molecule has 0 N–H and O–H groups in total. The van der Waals surface area contributed by atoms with Crippen molar-refractivity contribution in [1.82, 2.24) is 9.88 Å². The average Bonchev–Trinajstić information content (AvgIpc) is 3.19. The van der Waals surface area contributed by atoms with Crippen LogP contribution in [0.25, 0.3) is 10.2 Å². The number of nitrogens with zero attached hydrogens (tertiary/aromatic N) is 3. The molecule has 0 unspecified atom stereocenters. The SMILES string of the molecule is COc1ccc(SCC(=O)N(CCCN(C)C)c2nc3c(C)ccc(C)c3s2)cc1. The van der Waals surface area contributed by atoms with Gasteiger partial charge in [-0.3, -0.25) is 9.69 Å². The van der Waals surface area contributed by atoms with Crippen LogP contribution in [0.4, 0.5) is 5.13 Å². The molecule has 1 heterocycles. The molecule has 0 radical (unpaired) electrons. The molecule has 3 rings (SSSR count). The molecule has 7 heteroatoms. The number of aryl methyl sites for hydroxylation is 2. The number of thioether (sulfide) groups is 1. The maximum Gasteiger partial charge on any atom is 0.239 e. The van der Waals surface area contributed by atoms with E-state index >= 15 is 0 Å². The smallest absolute Gasteiger partial charge is 0.239 e. The minimum atomic E-state index is 0.0870. The lowest BCUT2D eigenvalue weighted by Crippen LogP contribution is -2.34. The topological polar surface area (TPSA) is 45.7 Å². The molecule has 0 aliphatic rings. The van der Waals surface area contributed by atoms with Crippen molar-refractivity contribution in [2.75, 3.05) is 44.9 Å². The Kier molecular flexibility index (Phi) is 7.75. The Bertz CT molecular complexity index is 961. The van der Waals surface area contributed by atoms with Crippen LogP contribution in [0.5, 0.6) is 5.75 Å². The van der Waals surface area contributed by atoms with Gasteiger partial charge in [-0.15, -0.1) is 11.8 Å². The molecule has 0 atom stereocenters. The molecule has 0 bridgehead atoms. The Morgan fingerprint density at radius 1 is 1.07 bits per heavy atom. The second-order valence-corrected chi connectivity index (χ2v) is 9.57. The number of hydrogen-bond acceptors (Lipinski definition) is 6. The molecule has 0 spiro atoms. The zero-order valence-electron chi connectivity index (χ0n) is 18.3. The highest BCUT2D eigenvalue weighted by Crippen LogP contribution is 2.33. The van der Waals surface area contributed by atoms with Crippen LogP contribution in [0.1, 0.15) is 17.5 Å². The summed E-state index contributed by atoms with van der Waals surface area (Å²) >= 11 is 3.16. The van der Waals surface area contributed by atoms with Crippen LogP contribution >= 0.6 is 23.1 Å². The van der Waals surface area contributed by atoms with E-state index in [2.05, 4.69) is 45.0 Å². The lowest BCUT2D eigenvalue weighted by Gasteiger charge is -2.21. The van der Waals surface area contributed by atoms with Gasteiger partial charge < -0.3 is 9.64 Å². The van der Waals surface area contributed by atoms with Gasteiger partial charge in [-0.05, 0) is 76.3 Å². The zero-order chi connectivity index (χ0) is 21.7. The third-order valence-electron chi connectivity index (χ3n) is 4.87. The summed E-state index contributed by atoms with van der Waals surface area (Å²) < 4.78 is 6.37. The van der Waals surface area contributed by atoms with Crippen molar-refractivity contribution >= 4 is 44.4 Å². The Morgan fingerprint density at radius 3 is 2.40 bits per heavy atom. The van der Waals surface area contributed by atoms with E-state index in [0.29, 0.717) is 12.3 Å². The summed E-state index contributed by atoms with van der Waals surface area (Å²) in [6.45, 7) is 5.76. The van der Waals surface area contributed by atoms with Crippen LogP contribution in [-0.4, -0.2) is 55.8 Å². The molecular formula is C23H29N3O2S2.